The van der Waals surface area contributed by atoms with Crippen LogP contribution in [-0.2, 0) is 11.2 Å². The van der Waals surface area contributed by atoms with Crippen molar-refractivity contribution in [2.75, 3.05) is 53.0 Å². The van der Waals surface area contributed by atoms with Crippen LogP contribution in [0.2, 0.25) is 0 Å². The molecule has 2 aliphatic rings. The monoisotopic (exact) mass is 526 g/mol. The quantitative estimate of drug-likeness (QED) is 0.373. The highest BCUT2D eigenvalue weighted by molar-refractivity contribution is 5.98. The fourth-order valence-electron chi connectivity index (χ4n) is 5.05. The number of H-pyrrole nitrogens is 1. The van der Waals surface area contributed by atoms with Gasteiger partial charge in [0.15, 0.2) is 0 Å². The van der Waals surface area contributed by atoms with Crippen molar-refractivity contribution in [1.29, 1.82) is 0 Å². The Morgan fingerprint density at radius 3 is 2.62 bits per heavy atom. The molecule has 2 fully saturated rings. The molecule has 0 spiro atoms. The first-order chi connectivity index (χ1) is 19.0. The number of aromatic amines is 1. The lowest BCUT2D eigenvalue weighted by Crippen LogP contribution is -2.47. The summed E-state index contributed by atoms with van der Waals surface area (Å²) in [6.07, 6.45) is 5.13. The number of carbonyl (C=O) groups is 1. The van der Waals surface area contributed by atoms with Crippen molar-refractivity contribution in [3.8, 4) is 17.1 Å². The van der Waals surface area contributed by atoms with E-state index < -0.39 is 0 Å². The second kappa shape index (κ2) is 10.7. The smallest absolute Gasteiger partial charge is 0.270 e. The molecule has 0 radical (unpaired) electrons. The number of pyridine rings is 1. The number of piperazine rings is 1. The highest BCUT2D eigenvalue weighted by atomic mass is 16.5. The van der Waals surface area contributed by atoms with E-state index in [0.717, 1.165) is 79.4 Å². The van der Waals surface area contributed by atoms with Gasteiger partial charge in [-0.15, -0.1) is 0 Å². The third-order valence-corrected chi connectivity index (χ3v) is 7.88. The Hall–Kier alpha value is -3.82. The van der Waals surface area contributed by atoms with Crippen LogP contribution >= 0.6 is 0 Å². The molecule has 1 amide bonds. The predicted octanol–water partition coefficient (Wildman–Crippen LogP) is 3.80. The molecule has 0 aliphatic carbocycles. The molecule has 6 rings (SSSR count). The lowest BCUT2D eigenvalue weighted by molar-refractivity contribution is -0.133. The molecule has 2 saturated heterocycles. The van der Waals surface area contributed by atoms with Crippen LogP contribution in [0.1, 0.15) is 35.2 Å². The van der Waals surface area contributed by atoms with E-state index in [4.69, 9.17) is 14.5 Å². The molecule has 0 atom stereocenters. The zero-order chi connectivity index (χ0) is 26.8. The van der Waals surface area contributed by atoms with Gasteiger partial charge in [-0.1, -0.05) is 13.0 Å². The molecular weight excluding hydrogens is 492 g/mol. The van der Waals surface area contributed by atoms with Crippen molar-refractivity contribution in [2.45, 2.75) is 19.8 Å². The van der Waals surface area contributed by atoms with Gasteiger partial charge in [-0.05, 0) is 49.4 Å². The van der Waals surface area contributed by atoms with Crippen molar-refractivity contribution in [3.05, 3.63) is 71.9 Å². The van der Waals surface area contributed by atoms with Gasteiger partial charge in [0.05, 0.1) is 36.6 Å². The van der Waals surface area contributed by atoms with Crippen LogP contribution in [0.3, 0.4) is 0 Å². The first kappa shape index (κ1) is 25.5. The molecular formula is C30H34N6O3. The topological polar surface area (TPSA) is 96.5 Å². The number of rotatable bonds is 8. The number of fused-ring (bicyclic) bond motifs is 1. The van der Waals surface area contributed by atoms with E-state index in [1.54, 1.807) is 12.4 Å². The van der Waals surface area contributed by atoms with Gasteiger partial charge in [-0.3, -0.25) is 9.78 Å². The summed E-state index contributed by atoms with van der Waals surface area (Å²) >= 11 is 0. The van der Waals surface area contributed by atoms with Crippen LogP contribution in [0, 0.1) is 5.41 Å². The lowest BCUT2D eigenvalue weighted by atomic mass is 9.84. The summed E-state index contributed by atoms with van der Waals surface area (Å²) < 4.78 is 11.5. The second-order valence-electron chi connectivity index (χ2n) is 10.7. The van der Waals surface area contributed by atoms with Crippen molar-refractivity contribution in [3.63, 3.8) is 0 Å². The minimum absolute atomic E-state index is 0.0569. The van der Waals surface area contributed by atoms with E-state index in [1.165, 1.54) is 0 Å². The number of hydrogen-bond donors (Lipinski definition) is 1. The molecule has 0 bridgehead atoms. The van der Waals surface area contributed by atoms with Gasteiger partial charge in [0.1, 0.15) is 17.3 Å². The number of nitrogens with one attached hydrogen (secondary N) is 1. The van der Waals surface area contributed by atoms with Crippen LogP contribution in [0.4, 0.5) is 0 Å². The van der Waals surface area contributed by atoms with E-state index in [2.05, 4.69) is 46.0 Å². The largest absolute Gasteiger partial charge is 0.493 e. The molecule has 1 aromatic carbocycles. The van der Waals surface area contributed by atoms with E-state index in [0.29, 0.717) is 24.5 Å². The number of amides is 1. The van der Waals surface area contributed by atoms with Crippen molar-refractivity contribution in [2.24, 2.45) is 5.41 Å². The van der Waals surface area contributed by atoms with Crippen LogP contribution in [-0.4, -0.2) is 88.7 Å². The average Bonchev–Trinajstić information content (AvgIpc) is 3.37. The van der Waals surface area contributed by atoms with Gasteiger partial charge in [0.25, 0.3) is 5.91 Å². The standard InChI is InChI=1S/C30H34N6O3/c1-3-30(18-38-19-30)20-39-23-6-8-31-26(17-23)25-7-9-32-28(34-25)15-21-4-5-24-22(14-21)16-27(33-24)29(37)36-12-10-35(2)11-13-36/h4-9,14,16-17,33H,3,10-13,15,18-20H2,1-2H3. The maximum atomic E-state index is 13.0. The zero-order valence-corrected chi connectivity index (χ0v) is 22.5. The maximum absolute atomic E-state index is 13.0. The number of aromatic nitrogens is 4. The number of likely N-dealkylation sites (N-methyl/N-ethyl adjacent to an activating group) is 1. The number of benzene rings is 1. The molecule has 1 N–H and O–H groups in total. The molecule has 9 nitrogen and oxygen atoms in total. The summed E-state index contributed by atoms with van der Waals surface area (Å²) in [5, 5.41) is 1.01. The Balaban J connectivity index is 1.15. The summed E-state index contributed by atoms with van der Waals surface area (Å²) in [5.41, 5.74) is 4.28. The van der Waals surface area contributed by atoms with E-state index in [-0.39, 0.29) is 11.3 Å². The van der Waals surface area contributed by atoms with Gasteiger partial charge >= 0.3 is 0 Å². The summed E-state index contributed by atoms with van der Waals surface area (Å²) in [5.74, 6) is 1.54. The number of nitrogens with zero attached hydrogens (tertiary/aromatic N) is 5. The highest BCUT2D eigenvalue weighted by Gasteiger charge is 2.37. The lowest BCUT2D eigenvalue weighted by Gasteiger charge is -2.40. The molecule has 0 unspecified atom stereocenters. The third-order valence-electron chi connectivity index (χ3n) is 7.88. The summed E-state index contributed by atoms with van der Waals surface area (Å²) in [7, 11) is 2.09. The Morgan fingerprint density at radius 2 is 1.85 bits per heavy atom. The molecule has 39 heavy (non-hydrogen) atoms. The van der Waals surface area contributed by atoms with Gasteiger partial charge in [-0.2, -0.15) is 0 Å². The molecule has 0 saturated carbocycles. The molecule has 5 heterocycles. The summed E-state index contributed by atoms with van der Waals surface area (Å²) in [6.45, 7) is 7.61. The molecule has 3 aromatic heterocycles. The van der Waals surface area contributed by atoms with Gasteiger partial charge in [0, 0.05) is 62.0 Å². The number of carbonyl (C=O) groups excluding carboxylic acids is 1. The first-order valence-corrected chi connectivity index (χ1v) is 13.6. The second-order valence-corrected chi connectivity index (χ2v) is 10.7. The first-order valence-electron chi connectivity index (χ1n) is 13.6. The van der Waals surface area contributed by atoms with Crippen molar-refractivity contribution >= 4 is 16.8 Å². The molecule has 4 aromatic rings. The number of ether oxygens (including phenoxy) is 2. The van der Waals surface area contributed by atoms with Crippen molar-refractivity contribution < 1.29 is 14.3 Å². The fourth-order valence-corrected chi connectivity index (χ4v) is 5.05. The Morgan fingerprint density at radius 1 is 1.03 bits per heavy atom. The maximum Gasteiger partial charge on any atom is 0.270 e. The normalized spacial score (nSPS) is 17.2. The van der Waals surface area contributed by atoms with Crippen LogP contribution in [0.15, 0.2) is 54.9 Å². The van der Waals surface area contributed by atoms with Crippen LogP contribution in [0.5, 0.6) is 5.75 Å². The van der Waals surface area contributed by atoms with E-state index >= 15 is 0 Å². The minimum atomic E-state index is 0.0569. The summed E-state index contributed by atoms with van der Waals surface area (Å²) in [4.78, 5) is 34.3. The Labute approximate surface area is 228 Å². The number of hydrogen-bond acceptors (Lipinski definition) is 7. The van der Waals surface area contributed by atoms with E-state index in [1.807, 2.05) is 35.2 Å². The van der Waals surface area contributed by atoms with Gasteiger partial charge in [0.2, 0.25) is 0 Å². The van der Waals surface area contributed by atoms with Gasteiger partial charge in [-0.25, -0.2) is 9.97 Å². The minimum Gasteiger partial charge on any atom is -0.493 e. The Bertz CT molecular complexity index is 1470. The third kappa shape index (κ3) is 5.51. The molecule has 202 valence electrons. The fraction of sp³-hybridized carbons (Fsp3) is 0.400. The van der Waals surface area contributed by atoms with Gasteiger partial charge < -0.3 is 24.3 Å². The highest BCUT2D eigenvalue weighted by Crippen LogP contribution is 2.32. The molecule has 2 aliphatic heterocycles. The zero-order valence-electron chi connectivity index (χ0n) is 22.5. The SMILES string of the molecule is CCC1(COc2ccnc(-c3ccnc(Cc4ccc5[nH]c(C(=O)N6CCN(C)CC6)cc5c4)n3)c2)COC1. The Kier molecular flexibility index (Phi) is 7.01. The summed E-state index contributed by atoms with van der Waals surface area (Å²) in [6, 6.07) is 13.8. The van der Waals surface area contributed by atoms with Crippen LogP contribution in [0.25, 0.3) is 22.3 Å². The van der Waals surface area contributed by atoms with Crippen LogP contribution < -0.4 is 4.74 Å². The molecule has 9 heteroatoms. The average molecular weight is 527 g/mol. The van der Waals surface area contributed by atoms with E-state index in [9.17, 15) is 4.79 Å². The van der Waals surface area contributed by atoms with Crippen molar-refractivity contribution in [1.82, 2.24) is 29.7 Å². The predicted molar refractivity (Wildman–Crippen MR) is 149 cm³/mol.